The highest BCUT2D eigenvalue weighted by atomic mass is 35.5. The molecule has 1 aromatic heterocycles. The van der Waals surface area contributed by atoms with E-state index in [1.54, 1.807) is 6.07 Å². The maximum atomic E-state index is 13.1. The van der Waals surface area contributed by atoms with Crippen LogP contribution in [0.3, 0.4) is 0 Å². The molecule has 0 amide bonds. The minimum Gasteiger partial charge on any atom is -0.367 e. The van der Waals surface area contributed by atoms with Gasteiger partial charge in [0.2, 0.25) is 5.88 Å². The Morgan fingerprint density at radius 1 is 1.50 bits per heavy atom. The molecule has 0 aliphatic carbocycles. The van der Waals surface area contributed by atoms with E-state index in [4.69, 9.17) is 21.9 Å². The summed E-state index contributed by atoms with van der Waals surface area (Å²) in [5, 5.41) is 4.27. The van der Waals surface area contributed by atoms with E-state index in [9.17, 15) is 4.39 Å². The van der Waals surface area contributed by atoms with Crippen molar-refractivity contribution in [2.24, 2.45) is 0 Å². The monoisotopic (exact) mass is 268 g/mol. The Morgan fingerprint density at radius 2 is 2.22 bits per heavy atom. The van der Waals surface area contributed by atoms with E-state index < -0.39 is 0 Å². The average Bonchev–Trinajstić information content (AvgIpc) is 2.70. The number of nitrogen functional groups attached to an aromatic ring is 1. The zero-order valence-corrected chi connectivity index (χ0v) is 11.0. The van der Waals surface area contributed by atoms with Gasteiger partial charge in [-0.3, -0.25) is 0 Å². The van der Waals surface area contributed by atoms with Crippen LogP contribution in [0.15, 0.2) is 22.7 Å². The fraction of sp³-hybridized carbons (Fsp3) is 0.308. The third kappa shape index (κ3) is 2.20. The normalized spacial score (nSPS) is 12.7. The summed E-state index contributed by atoms with van der Waals surface area (Å²) < 4.78 is 18.1. The summed E-state index contributed by atoms with van der Waals surface area (Å²) in [6.07, 6.45) is 0.901. The van der Waals surface area contributed by atoms with Crippen molar-refractivity contribution >= 4 is 17.5 Å². The minimum absolute atomic E-state index is 0.196. The van der Waals surface area contributed by atoms with Crippen LogP contribution in [0, 0.1) is 5.82 Å². The predicted molar refractivity (Wildman–Crippen MR) is 70.0 cm³/mol. The van der Waals surface area contributed by atoms with Gasteiger partial charge >= 0.3 is 0 Å². The van der Waals surface area contributed by atoms with Crippen LogP contribution in [-0.4, -0.2) is 5.16 Å². The van der Waals surface area contributed by atoms with Crippen LogP contribution < -0.4 is 5.73 Å². The molecular formula is C13H14ClFN2O. The molecule has 1 aromatic carbocycles. The van der Waals surface area contributed by atoms with E-state index in [1.807, 2.05) is 13.8 Å². The zero-order chi connectivity index (χ0) is 13.3. The Bertz CT molecular complexity index is 568. The molecule has 0 spiro atoms. The van der Waals surface area contributed by atoms with Crippen LogP contribution in [0.4, 0.5) is 10.3 Å². The standard InChI is InChI=1S/C13H14ClFN2O/c1-3-7(2)12-11(13(16)18-17-12)9-5-4-8(15)6-10(9)14/h4-7H,3,16H2,1-2H3. The molecule has 18 heavy (non-hydrogen) atoms. The first kappa shape index (κ1) is 12.9. The Kier molecular flexibility index (Phi) is 3.57. The molecule has 5 heteroatoms. The first-order chi connectivity index (χ1) is 8.54. The summed E-state index contributed by atoms with van der Waals surface area (Å²) in [6, 6.07) is 4.18. The molecular weight excluding hydrogens is 255 g/mol. The summed E-state index contributed by atoms with van der Waals surface area (Å²) in [7, 11) is 0. The number of nitrogens with zero attached hydrogens (tertiary/aromatic N) is 1. The van der Waals surface area contributed by atoms with E-state index in [0.717, 1.165) is 12.1 Å². The smallest absolute Gasteiger partial charge is 0.230 e. The van der Waals surface area contributed by atoms with Gasteiger partial charge in [-0.05, 0) is 24.6 Å². The quantitative estimate of drug-likeness (QED) is 0.906. The highest BCUT2D eigenvalue weighted by molar-refractivity contribution is 6.33. The molecule has 1 unspecified atom stereocenters. The topological polar surface area (TPSA) is 52.0 Å². The van der Waals surface area contributed by atoms with Crippen LogP contribution in [-0.2, 0) is 0 Å². The van der Waals surface area contributed by atoms with Gasteiger partial charge in [0.25, 0.3) is 0 Å². The fourth-order valence-corrected chi connectivity index (χ4v) is 2.07. The second-order valence-corrected chi connectivity index (χ2v) is 4.65. The number of rotatable bonds is 3. The first-order valence-electron chi connectivity index (χ1n) is 5.75. The lowest BCUT2D eigenvalue weighted by atomic mass is 9.96. The summed E-state index contributed by atoms with van der Waals surface area (Å²) >= 11 is 6.05. The molecule has 0 aliphatic rings. The van der Waals surface area contributed by atoms with Crippen molar-refractivity contribution in [1.82, 2.24) is 5.16 Å². The lowest BCUT2D eigenvalue weighted by molar-refractivity contribution is 0.421. The van der Waals surface area contributed by atoms with Gasteiger partial charge in [-0.15, -0.1) is 0 Å². The molecule has 2 rings (SSSR count). The lowest BCUT2D eigenvalue weighted by Crippen LogP contribution is -1.96. The van der Waals surface area contributed by atoms with E-state index in [0.29, 0.717) is 16.1 Å². The molecule has 0 bridgehead atoms. The predicted octanol–water partition coefficient (Wildman–Crippen LogP) is 4.23. The summed E-state index contributed by atoms with van der Waals surface area (Å²) in [6.45, 7) is 4.07. The van der Waals surface area contributed by atoms with Gasteiger partial charge in [0.1, 0.15) is 5.82 Å². The summed E-state index contributed by atoms with van der Waals surface area (Å²) in [5.74, 6) is 0.0184. The van der Waals surface area contributed by atoms with Crippen molar-refractivity contribution in [3.05, 3.63) is 34.7 Å². The van der Waals surface area contributed by atoms with Crippen molar-refractivity contribution in [3.63, 3.8) is 0 Å². The number of nitrogens with two attached hydrogens (primary N) is 1. The Morgan fingerprint density at radius 3 is 2.83 bits per heavy atom. The minimum atomic E-state index is -0.385. The van der Waals surface area contributed by atoms with Crippen molar-refractivity contribution in [3.8, 4) is 11.1 Å². The molecule has 96 valence electrons. The fourth-order valence-electron chi connectivity index (χ4n) is 1.81. The maximum absolute atomic E-state index is 13.1. The van der Waals surface area contributed by atoms with Crippen molar-refractivity contribution in [2.45, 2.75) is 26.2 Å². The average molecular weight is 269 g/mol. The largest absolute Gasteiger partial charge is 0.367 e. The van der Waals surface area contributed by atoms with Gasteiger partial charge in [0.15, 0.2) is 0 Å². The molecule has 0 saturated heterocycles. The number of aromatic nitrogens is 1. The third-order valence-electron chi connectivity index (χ3n) is 3.02. The molecule has 0 aliphatic heterocycles. The van der Waals surface area contributed by atoms with Crippen LogP contribution in [0.2, 0.25) is 5.02 Å². The number of hydrogen-bond acceptors (Lipinski definition) is 3. The molecule has 1 heterocycles. The molecule has 0 saturated carbocycles. The van der Waals surface area contributed by atoms with Gasteiger partial charge in [-0.2, -0.15) is 0 Å². The SMILES string of the molecule is CCC(C)c1noc(N)c1-c1ccc(F)cc1Cl. The van der Waals surface area contributed by atoms with Crippen molar-refractivity contribution < 1.29 is 8.91 Å². The lowest BCUT2D eigenvalue weighted by Gasteiger charge is -2.09. The van der Waals surface area contributed by atoms with Crippen LogP contribution >= 0.6 is 11.6 Å². The van der Waals surface area contributed by atoms with E-state index >= 15 is 0 Å². The van der Waals surface area contributed by atoms with Gasteiger partial charge in [0.05, 0.1) is 16.3 Å². The number of anilines is 1. The Hall–Kier alpha value is -1.55. The summed E-state index contributed by atoms with van der Waals surface area (Å²) in [4.78, 5) is 0. The zero-order valence-electron chi connectivity index (χ0n) is 10.2. The first-order valence-corrected chi connectivity index (χ1v) is 6.12. The molecule has 2 aromatic rings. The van der Waals surface area contributed by atoms with Gasteiger partial charge in [0, 0.05) is 11.5 Å². The summed E-state index contributed by atoms with van der Waals surface area (Å²) in [5.41, 5.74) is 7.85. The van der Waals surface area contributed by atoms with Gasteiger partial charge < -0.3 is 10.3 Å². The van der Waals surface area contributed by atoms with Crippen LogP contribution in [0.25, 0.3) is 11.1 Å². The van der Waals surface area contributed by atoms with E-state index in [2.05, 4.69) is 5.16 Å². The molecule has 0 radical (unpaired) electrons. The second kappa shape index (κ2) is 4.98. The highest BCUT2D eigenvalue weighted by Crippen LogP contribution is 2.38. The van der Waals surface area contributed by atoms with Gasteiger partial charge in [-0.25, -0.2) is 4.39 Å². The molecule has 2 N–H and O–H groups in total. The molecule has 3 nitrogen and oxygen atoms in total. The van der Waals surface area contributed by atoms with Crippen LogP contribution in [0.5, 0.6) is 0 Å². The Balaban J connectivity index is 2.59. The molecule has 0 fully saturated rings. The number of halogens is 2. The van der Waals surface area contributed by atoms with Gasteiger partial charge in [-0.1, -0.05) is 30.6 Å². The highest BCUT2D eigenvalue weighted by Gasteiger charge is 2.21. The number of benzene rings is 1. The molecule has 1 atom stereocenters. The second-order valence-electron chi connectivity index (χ2n) is 4.24. The number of hydrogen-bond donors (Lipinski definition) is 1. The van der Waals surface area contributed by atoms with Crippen LogP contribution in [0.1, 0.15) is 31.9 Å². The van der Waals surface area contributed by atoms with Crippen molar-refractivity contribution in [2.75, 3.05) is 5.73 Å². The Labute approximate surface area is 110 Å². The third-order valence-corrected chi connectivity index (χ3v) is 3.34. The van der Waals surface area contributed by atoms with E-state index in [-0.39, 0.29) is 17.6 Å². The maximum Gasteiger partial charge on any atom is 0.230 e. The van der Waals surface area contributed by atoms with Crippen molar-refractivity contribution in [1.29, 1.82) is 0 Å². The van der Waals surface area contributed by atoms with E-state index in [1.165, 1.54) is 12.1 Å².